The van der Waals surface area contributed by atoms with Gasteiger partial charge in [0, 0.05) is 30.4 Å². The maximum atomic E-state index is 4.31. The summed E-state index contributed by atoms with van der Waals surface area (Å²) in [5.74, 6) is 0. The Morgan fingerprint density at radius 2 is 2.12 bits per heavy atom. The maximum Gasteiger partial charge on any atom is 0.0537 e. The van der Waals surface area contributed by atoms with Gasteiger partial charge in [-0.15, -0.1) is 0 Å². The van der Waals surface area contributed by atoms with Crippen LogP contribution < -0.4 is 5.32 Å². The summed E-state index contributed by atoms with van der Waals surface area (Å²) in [6.45, 7) is 9.76. The summed E-state index contributed by atoms with van der Waals surface area (Å²) in [5, 5.41) is 7.98. The molecule has 1 heterocycles. The highest BCUT2D eigenvalue weighted by molar-refractivity contribution is 5.09. The fourth-order valence-electron chi connectivity index (χ4n) is 1.98. The highest BCUT2D eigenvalue weighted by atomic mass is 15.3. The van der Waals surface area contributed by atoms with E-state index in [1.165, 1.54) is 24.8 Å². The molecule has 1 aromatic rings. The monoisotopic (exact) mass is 223 g/mol. The van der Waals surface area contributed by atoms with Crippen molar-refractivity contribution in [2.45, 2.75) is 65.6 Å². The van der Waals surface area contributed by atoms with Gasteiger partial charge < -0.3 is 5.32 Å². The Labute approximate surface area is 99.2 Å². The van der Waals surface area contributed by atoms with E-state index in [1.807, 2.05) is 10.9 Å². The fourth-order valence-corrected chi connectivity index (χ4v) is 1.98. The number of nitrogens with zero attached hydrogens (tertiary/aromatic N) is 2. The van der Waals surface area contributed by atoms with Crippen LogP contribution in [0.5, 0.6) is 0 Å². The minimum Gasteiger partial charge on any atom is -0.307 e. The predicted molar refractivity (Wildman–Crippen MR) is 68.4 cm³/mol. The number of nitrogens with one attached hydrogen (secondary N) is 1. The van der Waals surface area contributed by atoms with Crippen LogP contribution in [-0.4, -0.2) is 15.8 Å². The summed E-state index contributed by atoms with van der Waals surface area (Å²) < 4.78 is 1.98. The molecule has 2 unspecified atom stereocenters. The van der Waals surface area contributed by atoms with Crippen LogP contribution in [-0.2, 0) is 6.54 Å². The molecule has 0 aromatic carbocycles. The minimum absolute atomic E-state index is 0.400. The number of hydrogen-bond donors (Lipinski definition) is 1. The van der Waals surface area contributed by atoms with E-state index in [0.717, 1.165) is 6.54 Å². The van der Waals surface area contributed by atoms with Crippen LogP contribution in [0.25, 0.3) is 0 Å². The van der Waals surface area contributed by atoms with E-state index in [1.54, 1.807) is 0 Å². The molecule has 3 nitrogen and oxygen atoms in total. The summed E-state index contributed by atoms with van der Waals surface area (Å²) in [7, 11) is 0. The van der Waals surface area contributed by atoms with Gasteiger partial charge in [-0.2, -0.15) is 5.10 Å². The SMILES string of the molecule is CCCC(CC)NC(C)c1cnn(CC)c1. The molecular formula is C13H25N3. The number of aromatic nitrogens is 2. The lowest BCUT2D eigenvalue weighted by molar-refractivity contribution is 0.417. The van der Waals surface area contributed by atoms with Crippen LogP contribution in [0.15, 0.2) is 12.4 Å². The second-order valence-electron chi connectivity index (χ2n) is 4.41. The van der Waals surface area contributed by atoms with Crippen LogP contribution in [0, 0.1) is 0 Å². The number of aryl methyl sites for hydroxylation is 1. The van der Waals surface area contributed by atoms with Crippen molar-refractivity contribution in [1.29, 1.82) is 0 Å². The number of hydrogen-bond acceptors (Lipinski definition) is 2. The molecule has 0 saturated carbocycles. The van der Waals surface area contributed by atoms with E-state index >= 15 is 0 Å². The van der Waals surface area contributed by atoms with Gasteiger partial charge in [0.25, 0.3) is 0 Å². The van der Waals surface area contributed by atoms with Gasteiger partial charge in [0.05, 0.1) is 6.20 Å². The molecule has 0 aliphatic rings. The molecule has 0 radical (unpaired) electrons. The second-order valence-corrected chi connectivity index (χ2v) is 4.41. The first-order chi connectivity index (χ1) is 7.71. The highest BCUT2D eigenvalue weighted by Crippen LogP contribution is 2.14. The predicted octanol–water partition coefficient (Wildman–Crippen LogP) is 3.13. The quantitative estimate of drug-likeness (QED) is 0.769. The Hall–Kier alpha value is -0.830. The van der Waals surface area contributed by atoms with Crippen LogP contribution >= 0.6 is 0 Å². The van der Waals surface area contributed by atoms with Gasteiger partial charge in [0.1, 0.15) is 0 Å². The smallest absolute Gasteiger partial charge is 0.0537 e. The zero-order valence-electron chi connectivity index (χ0n) is 11.0. The third-order valence-corrected chi connectivity index (χ3v) is 3.09. The van der Waals surface area contributed by atoms with Crippen molar-refractivity contribution >= 4 is 0 Å². The van der Waals surface area contributed by atoms with Crippen molar-refractivity contribution in [3.63, 3.8) is 0 Å². The summed E-state index contributed by atoms with van der Waals surface area (Å²) in [4.78, 5) is 0. The summed E-state index contributed by atoms with van der Waals surface area (Å²) in [5.41, 5.74) is 1.29. The van der Waals surface area contributed by atoms with Crippen molar-refractivity contribution in [2.24, 2.45) is 0 Å². The van der Waals surface area contributed by atoms with E-state index in [2.05, 4.69) is 44.3 Å². The van der Waals surface area contributed by atoms with E-state index in [9.17, 15) is 0 Å². The first-order valence-corrected chi connectivity index (χ1v) is 6.49. The zero-order chi connectivity index (χ0) is 12.0. The van der Waals surface area contributed by atoms with Crippen molar-refractivity contribution in [2.75, 3.05) is 0 Å². The molecule has 2 atom stereocenters. The van der Waals surface area contributed by atoms with Gasteiger partial charge >= 0.3 is 0 Å². The zero-order valence-corrected chi connectivity index (χ0v) is 11.0. The van der Waals surface area contributed by atoms with E-state index < -0.39 is 0 Å². The molecule has 0 fully saturated rings. The lowest BCUT2D eigenvalue weighted by atomic mass is 10.1. The van der Waals surface area contributed by atoms with Crippen LogP contribution in [0.4, 0.5) is 0 Å². The van der Waals surface area contributed by atoms with E-state index in [-0.39, 0.29) is 0 Å². The fraction of sp³-hybridized carbons (Fsp3) is 0.769. The molecule has 0 amide bonds. The van der Waals surface area contributed by atoms with Crippen molar-refractivity contribution in [3.05, 3.63) is 18.0 Å². The topological polar surface area (TPSA) is 29.9 Å². The van der Waals surface area contributed by atoms with Crippen molar-refractivity contribution < 1.29 is 0 Å². The van der Waals surface area contributed by atoms with Gasteiger partial charge in [-0.3, -0.25) is 4.68 Å². The number of rotatable bonds is 7. The van der Waals surface area contributed by atoms with Crippen LogP contribution in [0.1, 0.15) is 58.6 Å². The lowest BCUT2D eigenvalue weighted by Gasteiger charge is -2.21. The first-order valence-electron chi connectivity index (χ1n) is 6.49. The van der Waals surface area contributed by atoms with E-state index in [0.29, 0.717) is 12.1 Å². The summed E-state index contributed by atoms with van der Waals surface area (Å²) in [6.07, 6.45) is 7.80. The van der Waals surface area contributed by atoms with Gasteiger partial charge in [0.15, 0.2) is 0 Å². The molecule has 0 bridgehead atoms. The molecule has 1 rings (SSSR count). The summed E-state index contributed by atoms with van der Waals surface area (Å²) >= 11 is 0. The normalized spacial score (nSPS) is 15.0. The average molecular weight is 223 g/mol. The highest BCUT2D eigenvalue weighted by Gasteiger charge is 2.12. The Kier molecular flexibility index (Phi) is 5.53. The molecule has 16 heavy (non-hydrogen) atoms. The van der Waals surface area contributed by atoms with Gasteiger partial charge in [-0.25, -0.2) is 0 Å². The molecule has 1 aromatic heterocycles. The van der Waals surface area contributed by atoms with Gasteiger partial charge in [-0.05, 0) is 26.7 Å². The molecule has 1 N–H and O–H groups in total. The van der Waals surface area contributed by atoms with Crippen LogP contribution in [0.3, 0.4) is 0 Å². The molecule has 3 heteroatoms. The van der Waals surface area contributed by atoms with Crippen molar-refractivity contribution in [1.82, 2.24) is 15.1 Å². The van der Waals surface area contributed by atoms with Crippen molar-refractivity contribution in [3.8, 4) is 0 Å². The lowest BCUT2D eigenvalue weighted by Crippen LogP contribution is -2.30. The van der Waals surface area contributed by atoms with Gasteiger partial charge in [-0.1, -0.05) is 20.3 Å². The average Bonchev–Trinajstić information content (AvgIpc) is 2.76. The molecular weight excluding hydrogens is 198 g/mol. The molecule has 0 aliphatic carbocycles. The Morgan fingerprint density at radius 1 is 1.38 bits per heavy atom. The molecule has 0 aliphatic heterocycles. The second kappa shape index (κ2) is 6.69. The molecule has 92 valence electrons. The van der Waals surface area contributed by atoms with E-state index in [4.69, 9.17) is 0 Å². The van der Waals surface area contributed by atoms with Crippen LogP contribution in [0.2, 0.25) is 0 Å². The molecule has 0 spiro atoms. The largest absolute Gasteiger partial charge is 0.307 e. The Bertz CT molecular complexity index is 293. The third-order valence-electron chi connectivity index (χ3n) is 3.09. The standard InChI is InChI=1S/C13H25N3/c1-5-8-13(6-2)15-11(4)12-9-14-16(7-3)10-12/h9-11,13,15H,5-8H2,1-4H3. The third kappa shape index (κ3) is 3.63. The minimum atomic E-state index is 0.400. The maximum absolute atomic E-state index is 4.31. The first kappa shape index (κ1) is 13.2. The Morgan fingerprint density at radius 3 is 2.62 bits per heavy atom. The Balaban J connectivity index is 2.52. The summed E-state index contributed by atoms with van der Waals surface area (Å²) in [6, 6.07) is 1.03. The molecule has 0 saturated heterocycles. The van der Waals surface area contributed by atoms with Gasteiger partial charge in [0.2, 0.25) is 0 Å².